The van der Waals surface area contributed by atoms with Gasteiger partial charge in [-0.1, -0.05) is 170 Å². The van der Waals surface area contributed by atoms with Crippen LogP contribution in [0.2, 0.25) is 0 Å². The Labute approximate surface area is 367 Å². The third-order valence-corrected chi connectivity index (χ3v) is 11.9. The van der Waals surface area contributed by atoms with Gasteiger partial charge in [0.15, 0.2) is 6.10 Å². The zero-order chi connectivity index (χ0) is 43.8. The molecule has 1 amide bonds. The summed E-state index contributed by atoms with van der Waals surface area (Å²) in [5, 5.41) is 2.83. The van der Waals surface area contributed by atoms with Gasteiger partial charge >= 0.3 is 22.3 Å². The van der Waals surface area contributed by atoms with Crippen molar-refractivity contribution in [2.75, 3.05) is 13.2 Å². The van der Waals surface area contributed by atoms with Gasteiger partial charge in [-0.25, -0.2) is 4.18 Å². The molecule has 0 radical (unpaired) electrons. The maximum atomic E-state index is 13.6. The van der Waals surface area contributed by atoms with E-state index in [0.29, 0.717) is 12.8 Å². The summed E-state index contributed by atoms with van der Waals surface area (Å²) < 4.78 is 55.0. The number of carbonyl (C=O) groups excluding carboxylic acids is 3. The van der Waals surface area contributed by atoms with Gasteiger partial charge in [0.2, 0.25) is 5.91 Å². The Morgan fingerprint density at radius 2 is 1.13 bits per heavy atom. The Bertz CT molecular complexity index is 1560. The Kier molecular flexibility index (Phi) is 27.6. The average molecular weight is 872 g/mol. The molecule has 11 nitrogen and oxygen atoms in total. The fourth-order valence-electron chi connectivity index (χ4n) is 7.99. The molecule has 1 saturated heterocycles. The van der Waals surface area contributed by atoms with Crippen LogP contribution in [0.15, 0.2) is 60.7 Å². The average Bonchev–Trinajstić information content (AvgIpc) is 3.23. The quantitative estimate of drug-likeness (QED) is 0.0388. The van der Waals surface area contributed by atoms with Crippen LogP contribution in [-0.4, -0.2) is 68.4 Å². The predicted octanol–water partition coefficient (Wildman–Crippen LogP) is 10.8. The first-order chi connectivity index (χ1) is 29.6. The van der Waals surface area contributed by atoms with E-state index in [1.54, 1.807) is 0 Å². The van der Waals surface area contributed by atoms with E-state index in [1.807, 2.05) is 12.1 Å². The smallest absolute Gasteiger partial charge is 0.397 e. The second kappa shape index (κ2) is 32.4. The number of hydrogen-bond donors (Lipinski definition) is 2. The van der Waals surface area contributed by atoms with Crippen molar-refractivity contribution in [2.24, 2.45) is 0 Å². The minimum absolute atomic E-state index is 0.0625. The molecule has 1 heterocycles. The van der Waals surface area contributed by atoms with Gasteiger partial charge in [-0.2, -0.15) is 8.42 Å². The lowest BCUT2D eigenvalue weighted by Crippen LogP contribution is -2.58. The van der Waals surface area contributed by atoms with Crippen LogP contribution in [0.4, 0.5) is 0 Å². The van der Waals surface area contributed by atoms with E-state index >= 15 is 0 Å². The normalized spacial score (nSPS) is 17.1. The molecule has 1 aliphatic rings. The molecule has 2 aromatic rings. The first kappa shape index (κ1) is 52.0. The lowest BCUT2D eigenvalue weighted by Gasteiger charge is -2.36. The second-order valence-electron chi connectivity index (χ2n) is 16.9. The summed E-state index contributed by atoms with van der Waals surface area (Å²) in [6, 6.07) is 19.9. The number of rotatable bonds is 35. The maximum Gasteiger partial charge on any atom is 0.397 e. The second-order valence-corrected chi connectivity index (χ2v) is 17.9. The Balaban J connectivity index is 1.46. The number of benzene rings is 2. The largest absolute Gasteiger partial charge is 0.462 e. The number of unbranched alkanes of at least 4 members (excludes halogenated alkanes) is 18. The molecule has 0 bridgehead atoms. The minimum Gasteiger partial charge on any atom is -0.462 e. The summed E-state index contributed by atoms with van der Waals surface area (Å²) in [5.74, 6) is -1.32. The molecule has 3 rings (SSSR count). The Morgan fingerprint density at radius 1 is 0.656 bits per heavy atom. The van der Waals surface area contributed by atoms with Crippen LogP contribution in [0, 0.1) is 0 Å². The van der Waals surface area contributed by atoms with Crippen LogP contribution in [0.25, 0.3) is 0 Å². The third kappa shape index (κ3) is 26.0. The Morgan fingerprint density at radius 3 is 1.66 bits per heavy atom. The molecule has 1 aliphatic heterocycles. The van der Waals surface area contributed by atoms with E-state index in [0.717, 1.165) is 109 Å². The predicted molar refractivity (Wildman–Crippen MR) is 240 cm³/mol. The lowest BCUT2D eigenvalue weighted by atomic mass is 10.0. The summed E-state index contributed by atoms with van der Waals surface area (Å²) in [6.07, 6.45) is 21.8. The zero-order valence-corrected chi connectivity index (χ0v) is 37.9. The van der Waals surface area contributed by atoms with Crippen LogP contribution in [0.5, 0.6) is 0 Å². The fraction of sp³-hybridized carbons (Fsp3) is 0.694. The van der Waals surface area contributed by atoms with Crippen molar-refractivity contribution in [1.82, 2.24) is 5.32 Å². The highest BCUT2D eigenvalue weighted by Crippen LogP contribution is 2.22. The highest BCUT2D eigenvalue weighted by Gasteiger charge is 2.41. The SMILES string of the molecule is CCCCCCCCCCCC(CC(=O)N[C@H]1COC[C@@H](OS(=O)(=O)O)[C@@H]1OC(=O)CCCCCCCCc1ccccc1)OC(=O)CCCCCCCCc1ccccc1. The molecule has 4 atom stereocenters. The number of hydrogen-bond acceptors (Lipinski definition) is 9. The van der Waals surface area contributed by atoms with Crippen LogP contribution in [0.1, 0.15) is 179 Å². The first-order valence-corrected chi connectivity index (χ1v) is 25.0. The summed E-state index contributed by atoms with van der Waals surface area (Å²) in [7, 11) is -4.92. The van der Waals surface area contributed by atoms with Gasteiger partial charge in [0.05, 0.1) is 25.7 Å². The van der Waals surface area contributed by atoms with E-state index in [-0.39, 0.29) is 38.4 Å². The third-order valence-electron chi connectivity index (χ3n) is 11.4. The molecular formula is C49H77NO10S. The molecule has 1 fully saturated rings. The minimum atomic E-state index is -4.92. The van der Waals surface area contributed by atoms with Crippen molar-refractivity contribution in [3.05, 3.63) is 71.8 Å². The molecule has 2 N–H and O–H groups in total. The summed E-state index contributed by atoms with van der Waals surface area (Å²) in [6.45, 7) is 1.88. The zero-order valence-electron chi connectivity index (χ0n) is 37.1. The van der Waals surface area contributed by atoms with E-state index in [2.05, 4.69) is 60.8 Å². The molecule has 12 heteroatoms. The molecule has 0 aromatic heterocycles. The van der Waals surface area contributed by atoms with Gasteiger partial charge in [-0.3, -0.25) is 18.9 Å². The van der Waals surface area contributed by atoms with Crippen molar-refractivity contribution in [3.8, 4) is 0 Å². The van der Waals surface area contributed by atoms with Crippen LogP contribution < -0.4 is 5.32 Å². The summed E-state index contributed by atoms with van der Waals surface area (Å²) in [4.78, 5) is 39.6. The first-order valence-electron chi connectivity index (χ1n) is 23.6. The summed E-state index contributed by atoms with van der Waals surface area (Å²) in [5.41, 5.74) is 2.69. The molecule has 0 spiro atoms. The molecule has 61 heavy (non-hydrogen) atoms. The summed E-state index contributed by atoms with van der Waals surface area (Å²) >= 11 is 0. The van der Waals surface area contributed by atoms with Crippen LogP contribution in [0.3, 0.4) is 0 Å². The number of esters is 2. The van der Waals surface area contributed by atoms with Gasteiger partial charge in [0.25, 0.3) is 0 Å². The van der Waals surface area contributed by atoms with Gasteiger partial charge < -0.3 is 19.5 Å². The molecule has 2 aromatic carbocycles. The van der Waals surface area contributed by atoms with Crippen molar-refractivity contribution in [2.45, 2.75) is 205 Å². The van der Waals surface area contributed by atoms with Crippen LogP contribution in [-0.2, 0) is 56.0 Å². The number of carbonyl (C=O) groups is 3. The van der Waals surface area contributed by atoms with E-state index in [9.17, 15) is 27.4 Å². The molecule has 0 saturated carbocycles. The Hall–Kier alpha value is -3.32. The van der Waals surface area contributed by atoms with E-state index in [4.69, 9.17) is 18.4 Å². The lowest BCUT2D eigenvalue weighted by molar-refractivity contribution is -0.169. The standard InChI is InChI=1S/C49H77NO10S/c1-2-3-4-5-6-7-8-15-26-35-43(58-47(52)36-27-16-11-9-13-20-29-41-31-22-18-23-32-41)38-46(51)50-44-39-57-40-45(60-61(54,55)56)49(44)59-48(53)37-28-17-12-10-14-21-30-42-33-24-19-25-34-42/h18-19,22-25,31-34,43-45,49H,2-17,20-21,26-30,35-40H2,1H3,(H,50,51)(H,54,55,56)/t43?,44-,45+,49+/m0/s1. The highest BCUT2D eigenvalue weighted by molar-refractivity contribution is 7.80. The van der Waals surface area contributed by atoms with Crippen LogP contribution >= 0.6 is 0 Å². The van der Waals surface area contributed by atoms with E-state index in [1.165, 1.54) is 43.2 Å². The number of ether oxygens (including phenoxy) is 3. The van der Waals surface area contributed by atoms with Crippen molar-refractivity contribution in [3.63, 3.8) is 0 Å². The molecular weight excluding hydrogens is 795 g/mol. The molecule has 0 aliphatic carbocycles. The topological polar surface area (TPSA) is 155 Å². The van der Waals surface area contributed by atoms with Crippen molar-refractivity contribution < 1.29 is 45.7 Å². The van der Waals surface area contributed by atoms with Gasteiger partial charge in [0, 0.05) is 12.8 Å². The van der Waals surface area contributed by atoms with Crippen molar-refractivity contribution >= 4 is 28.2 Å². The fourth-order valence-corrected chi connectivity index (χ4v) is 8.47. The monoisotopic (exact) mass is 872 g/mol. The number of amides is 1. The van der Waals surface area contributed by atoms with E-state index < -0.39 is 46.6 Å². The van der Waals surface area contributed by atoms with Gasteiger partial charge in [-0.15, -0.1) is 0 Å². The number of nitrogens with one attached hydrogen (secondary N) is 1. The number of aryl methyl sites for hydroxylation is 2. The maximum absolute atomic E-state index is 13.6. The highest BCUT2D eigenvalue weighted by atomic mass is 32.3. The van der Waals surface area contributed by atoms with Gasteiger partial charge in [0.1, 0.15) is 12.2 Å². The molecule has 1 unspecified atom stereocenters. The van der Waals surface area contributed by atoms with Gasteiger partial charge in [-0.05, 0) is 62.5 Å². The molecule has 344 valence electrons. The van der Waals surface area contributed by atoms with Crippen molar-refractivity contribution in [1.29, 1.82) is 0 Å².